The number of anilines is 1. The Hall–Kier alpha value is -2.58. The zero-order valence-corrected chi connectivity index (χ0v) is 17.6. The van der Waals surface area contributed by atoms with Gasteiger partial charge in [0.05, 0.1) is 11.5 Å². The van der Waals surface area contributed by atoms with Crippen molar-refractivity contribution in [2.45, 2.75) is 25.7 Å². The van der Waals surface area contributed by atoms with Crippen LogP contribution in [0.25, 0.3) is 0 Å². The van der Waals surface area contributed by atoms with Crippen LogP contribution in [0.2, 0.25) is 0 Å². The molecule has 0 atom stereocenters. The van der Waals surface area contributed by atoms with Gasteiger partial charge in [-0.25, -0.2) is 12.7 Å². The third kappa shape index (κ3) is 5.24. The molecule has 7 nitrogen and oxygen atoms in total. The molecule has 0 saturated carbocycles. The quantitative estimate of drug-likeness (QED) is 0.729. The van der Waals surface area contributed by atoms with Crippen LogP contribution in [-0.4, -0.2) is 45.9 Å². The predicted octanol–water partition coefficient (Wildman–Crippen LogP) is 2.97. The van der Waals surface area contributed by atoms with Crippen molar-refractivity contribution in [3.05, 3.63) is 47.5 Å². The summed E-state index contributed by atoms with van der Waals surface area (Å²) in [6.07, 6.45) is 0. The Balaban J connectivity index is 2.10. The molecule has 0 aliphatic carbocycles. The molecular formula is C20H26N2O5S. The van der Waals surface area contributed by atoms with Crippen LogP contribution in [0.4, 0.5) is 5.69 Å². The van der Waals surface area contributed by atoms with Gasteiger partial charge < -0.3 is 14.8 Å². The normalized spacial score (nSPS) is 11.4. The highest BCUT2D eigenvalue weighted by atomic mass is 32.2. The summed E-state index contributed by atoms with van der Waals surface area (Å²) in [5.41, 5.74) is 2.01. The lowest BCUT2D eigenvalue weighted by molar-refractivity contribution is -0.118. The average molecular weight is 407 g/mol. The molecule has 0 fully saturated rings. The number of benzene rings is 2. The number of sulfonamides is 1. The number of nitrogens with zero attached hydrogens (tertiary/aromatic N) is 1. The Labute approximate surface area is 166 Å². The van der Waals surface area contributed by atoms with Crippen molar-refractivity contribution in [2.75, 3.05) is 32.6 Å². The molecule has 0 radical (unpaired) electrons. The highest BCUT2D eigenvalue weighted by molar-refractivity contribution is 7.89. The van der Waals surface area contributed by atoms with E-state index in [2.05, 4.69) is 5.32 Å². The summed E-state index contributed by atoms with van der Waals surface area (Å²) in [6.45, 7) is 5.90. The van der Waals surface area contributed by atoms with E-state index >= 15 is 0 Å². The van der Waals surface area contributed by atoms with Gasteiger partial charge in [-0.2, -0.15) is 0 Å². The van der Waals surface area contributed by atoms with Gasteiger partial charge in [0.2, 0.25) is 10.0 Å². The number of rotatable bonds is 8. The van der Waals surface area contributed by atoms with Crippen LogP contribution >= 0.6 is 0 Å². The minimum Gasteiger partial charge on any atom is -0.494 e. The van der Waals surface area contributed by atoms with Gasteiger partial charge in [-0.1, -0.05) is 0 Å². The fourth-order valence-corrected chi connectivity index (χ4v) is 3.46. The van der Waals surface area contributed by atoms with Gasteiger partial charge in [0.15, 0.2) is 6.61 Å². The van der Waals surface area contributed by atoms with Gasteiger partial charge in [0.1, 0.15) is 11.5 Å². The maximum atomic E-state index is 12.4. The highest BCUT2D eigenvalue weighted by Crippen LogP contribution is 2.25. The lowest BCUT2D eigenvalue weighted by atomic mass is 10.1. The number of ether oxygens (including phenoxy) is 2. The van der Waals surface area contributed by atoms with Crippen molar-refractivity contribution < 1.29 is 22.7 Å². The van der Waals surface area contributed by atoms with Crippen molar-refractivity contribution in [2.24, 2.45) is 0 Å². The second kappa shape index (κ2) is 9.07. The Morgan fingerprint density at radius 1 is 1.04 bits per heavy atom. The van der Waals surface area contributed by atoms with Gasteiger partial charge in [0, 0.05) is 19.8 Å². The molecule has 152 valence electrons. The van der Waals surface area contributed by atoms with Crippen molar-refractivity contribution in [3.8, 4) is 11.5 Å². The van der Waals surface area contributed by atoms with Crippen LogP contribution in [0.3, 0.4) is 0 Å². The number of hydrogen-bond donors (Lipinski definition) is 1. The molecule has 2 aromatic carbocycles. The predicted molar refractivity (Wildman–Crippen MR) is 109 cm³/mol. The maximum absolute atomic E-state index is 12.4. The second-order valence-electron chi connectivity index (χ2n) is 6.44. The minimum absolute atomic E-state index is 0.128. The molecule has 2 rings (SSSR count). The van der Waals surface area contributed by atoms with Crippen molar-refractivity contribution in [1.82, 2.24) is 4.31 Å². The summed E-state index contributed by atoms with van der Waals surface area (Å²) in [6, 6.07) is 10.0. The average Bonchev–Trinajstić information content (AvgIpc) is 2.64. The first-order valence-electron chi connectivity index (χ1n) is 8.84. The van der Waals surface area contributed by atoms with E-state index in [9.17, 15) is 13.2 Å². The van der Waals surface area contributed by atoms with Gasteiger partial charge in [-0.05, 0) is 68.3 Å². The van der Waals surface area contributed by atoms with E-state index in [-0.39, 0.29) is 17.4 Å². The molecule has 1 amide bonds. The first-order valence-corrected chi connectivity index (χ1v) is 10.3. The third-order valence-corrected chi connectivity index (χ3v) is 5.99. The number of carbonyl (C=O) groups is 1. The number of hydrogen-bond acceptors (Lipinski definition) is 5. The summed E-state index contributed by atoms with van der Waals surface area (Å²) >= 11 is 0. The molecule has 1 N–H and O–H groups in total. The van der Waals surface area contributed by atoms with E-state index in [0.717, 1.165) is 21.2 Å². The lowest BCUT2D eigenvalue weighted by Gasteiger charge is -2.16. The van der Waals surface area contributed by atoms with Gasteiger partial charge in [-0.3, -0.25) is 4.79 Å². The van der Waals surface area contributed by atoms with Crippen LogP contribution in [-0.2, 0) is 14.8 Å². The molecule has 0 aromatic heterocycles. The van der Waals surface area contributed by atoms with Crippen molar-refractivity contribution >= 4 is 21.6 Å². The maximum Gasteiger partial charge on any atom is 0.262 e. The Morgan fingerprint density at radius 3 is 2.14 bits per heavy atom. The molecule has 0 spiro atoms. The van der Waals surface area contributed by atoms with Crippen molar-refractivity contribution in [1.29, 1.82) is 0 Å². The van der Waals surface area contributed by atoms with Crippen LogP contribution in [0.15, 0.2) is 41.3 Å². The summed E-state index contributed by atoms with van der Waals surface area (Å²) in [5, 5.41) is 2.73. The Bertz CT molecular complexity index is 938. The zero-order chi connectivity index (χ0) is 20.9. The van der Waals surface area contributed by atoms with E-state index < -0.39 is 10.0 Å². The van der Waals surface area contributed by atoms with Crippen LogP contribution in [0, 0.1) is 13.8 Å². The fourth-order valence-electron chi connectivity index (χ4n) is 2.45. The minimum atomic E-state index is -3.60. The number of amides is 1. The summed E-state index contributed by atoms with van der Waals surface area (Å²) in [7, 11) is -0.668. The first kappa shape index (κ1) is 21.7. The summed E-state index contributed by atoms with van der Waals surface area (Å²) < 4.78 is 36.8. The van der Waals surface area contributed by atoms with E-state index in [0.29, 0.717) is 18.0 Å². The smallest absolute Gasteiger partial charge is 0.262 e. The molecule has 0 bridgehead atoms. The molecule has 0 heterocycles. The Kier molecular flexibility index (Phi) is 7.04. The molecule has 0 saturated heterocycles. The molecular weight excluding hydrogens is 380 g/mol. The largest absolute Gasteiger partial charge is 0.494 e. The number of nitrogens with one attached hydrogen (secondary N) is 1. The van der Waals surface area contributed by atoms with E-state index in [1.54, 1.807) is 37.3 Å². The van der Waals surface area contributed by atoms with Crippen LogP contribution in [0.5, 0.6) is 11.5 Å². The second-order valence-corrected chi connectivity index (χ2v) is 8.59. The van der Waals surface area contributed by atoms with E-state index in [4.69, 9.17) is 9.47 Å². The molecule has 0 aliphatic rings. The highest BCUT2D eigenvalue weighted by Gasteiger charge is 2.20. The fraction of sp³-hybridized carbons (Fsp3) is 0.350. The van der Waals surface area contributed by atoms with Gasteiger partial charge >= 0.3 is 0 Å². The molecule has 2 aromatic rings. The lowest BCUT2D eigenvalue weighted by Crippen LogP contribution is -2.24. The molecule has 0 unspecified atom stereocenters. The molecule has 0 aliphatic heterocycles. The van der Waals surface area contributed by atoms with Crippen LogP contribution < -0.4 is 14.8 Å². The standard InChI is InChI=1S/C20H26N2O5S/c1-6-26-16-7-9-17(10-8-16)27-13-20(23)21-19-12-18(11-14(2)15(19)3)28(24,25)22(4)5/h7-12H,6,13H2,1-5H3,(H,21,23). The first-order chi connectivity index (χ1) is 13.1. The Morgan fingerprint density at radius 2 is 1.61 bits per heavy atom. The summed E-state index contributed by atoms with van der Waals surface area (Å²) in [5.74, 6) is 0.885. The third-order valence-electron chi connectivity index (χ3n) is 4.20. The van der Waals surface area contributed by atoms with E-state index in [1.165, 1.54) is 20.2 Å². The topological polar surface area (TPSA) is 84.9 Å². The molecule has 8 heteroatoms. The van der Waals surface area contributed by atoms with Crippen molar-refractivity contribution in [3.63, 3.8) is 0 Å². The van der Waals surface area contributed by atoms with Crippen LogP contribution in [0.1, 0.15) is 18.1 Å². The zero-order valence-electron chi connectivity index (χ0n) is 16.8. The number of carbonyl (C=O) groups excluding carboxylic acids is 1. The molecule has 28 heavy (non-hydrogen) atoms. The summed E-state index contributed by atoms with van der Waals surface area (Å²) in [4.78, 5) is 12.4. The van der Waals surface area contributed by atoms with E-state index in [1.807, 2.05) is 13.8 Å². The number of aryl methyl sites for hydroxylation is 1. The van der Waals surface area contributed by atoms with Gasteiger partial charge in [-0.15, -0.1) is 0 Å². The SMILES string of the molecule is CCOc1ccc(OCC(=O)Nc2cc(S(=O)(=O)N(C)C)cc(C)c2C)cc1. The monoisotopic (exact) mass is 406 g/mol. The van der Waals surface area contributed by atoms with Gasteiger partial charge in [0.25, 0.3) is 5.91 Å².